The molecule has 0 saturated carbocycles. The van der Waals surface area contributed by atoms with Gasteiger partial charge in [-0.15, -0.1) is 11.8 Å². The molecule has 0 fully saturated rings. The Labute approximate surface area is 156 Å². The summed E-state index contributed by atoms with van der Waals surface area (Å²) in [6.07, 6.45) is 2.95. The summed E-state index contributed by atoms with van der Waals surface area (Å²) < 4.78 is 1.07. The lowest BCUT2D eigenvalue weighted by Gasteiger charge is -2.31. The maximum Gasteiger partial charge on any atom is 0.352 e. The quantitative estimate of drug-likeness (QED) is 0.725. The number of carboxylic acids is 1. The van der Waals surface area contributed by atoms with E-state index in [0.717, 1.165) is 10.2 Å². The van der Waals surface area contributed by atoms with Crippen molar-refractivity contribution in [3.05, 3.63) is 38.1 Å². The zero-order valence-corrected chi connectivity index (χ0v) is 16.0. The van der Waals surface area contributed by atoms with Gasteiger partial charge in [0.2, 0.25) is 0 Å². The van der Waals surface area contributed by atoms with Gasteiger partial charge in [0.25, 0.3) is 0 Å². The van der Waals surface area contributed by atoms with Crippen molar-refractivity contribution in [3.63, 3.8) is 0 Å². The smallest absolute Gasteiger partial charge is 0.352 e. The molecule has 1 aromatic carbocycles. The molecule has 2 aliphatic heterocycles. The van der Waals surface area contributed by atoms with Crippen LogP contribution in [0.25, 0.3) is 0 Å². The van der Waals surface area contributed by atoms with Gasteiger partial charge in [-0.2, -0.15) is 5.10 Å². The molecule has 1 N–H and O–H groups in total. The predicted molar refractivity (Wildman–Crippen MR) is 100.0 cm³/mol. The molecule has 1 unspecified atom stereocenters. The average molecular weight is 436 g/mol. The number of nitrogens with zero attached hydrogens (tertiary/aromatic N) is 2. The zero-order valence-electron chi connectivity index (χ0n) is 12.0. The van der Waals surface area contributed by atoms with Crippen LogP contribution in [0.2, 0.25) is 10.0 Å². The van der Waals surface area contributed by atoms with Crippen LogP contribution in [0.1, 0.15) is 13.3 Å². The normalized spacial score (nSPS) is 27.1. The molecule has 23 heavy (non-hydrogen) atoms. The van der Waals surface area contributed by atoms with E-state index in [9.17, 15) is 9.90 Å². The minimum Gasteiger partial charge on any atom is -0.477 e. The number of hydrazone groups is 1. The molecule has 3 atom stereocenters. The molecule has 0 aliphatic carbocycles. The summed E-state index contributed by atoms with van der Waals surface area (Å²) in [4.78, 5) is 11.5. The summed E-state index contributed by atoms with van der Waals surface area (Å²) in [6.45, 7) is 1.90. The Hall–Kier alpha value is -0.690. The van der Waals surface area contributed by atoms with E-state index in [2.05, 4.69) is 27.1 Å². The van der Waals surface area contributed by atoms with Crippen molar-refractivity contribution < 1.29 is 9.90 Å². The molecule has 3 rings (SSSR count). The SMILES string of the molecule is C[C@H]1C(C(=O)O)=NN(c2ccc(Cl)cc2Cl)[C@@H]1C1CC=C(Br)S1. The van der Waals surface area contributed by atoms with Crippen LogP contribution in [-0.4, -0.2) is 28.1 Å². The molecule has 1 aromatic rings. The maximum absolute atomic E-state index is 11.5. The predicted octanol–water partition coefficient (Wildman–Crippen LogP) is 5.00. The molecule has 0 saturated heterocycles. The Bertz CT molecular complexity index is 725. The van der Waals surface area contributed by atoms with Gasteiger partial charge in [0, 0.05) is 20.0 Å². The summed E-state index contributed by atoms with van der Waals surface area (Å²) in [5.74, 6) is -1.20. The summed E-state index contributed by atoms with van der Waals surface area (Å²) >= 11 is 17.5. The van der Waals surface area contributed by atoms with Gasteiger partial charge < -0.3 is 5.11 Å². The summed E-state index contributed by atoms with van der Waals surface area (Å²) in [5, 5.41) is 16.7. The van der Waals surface area contributed by atoms with Crippen molar-refractivity contribution in [1.29, 1.82) is 0 Å². The lowest BCUT2D eigenvalue weighted by molar-refractivity contribution is -0.129. The first-order chi connectivity index (χ1) is 10.9. The second-order valence-corrected chi connectivity index (χ2v) is 8.91. The topological polar surface area (TPSA) is 52.9 Å². The standard InChI is InChI=1S/C15H13BrCl2N2O2S/c1-7-13(15(21)22)19-20(10-3-2-8(17)6-9(10)18)14(7)11-4-5-12(16)23-11/h2-3,5-7,11,14H,4H2,1H3,(H,21,22)/t7-,11?,14-/m0/s1. The molecule has 0 bridgehead atoms. The molecule has 2 aliphatic rings. The van der Waals surface area contributed by atoms with E-state index < -0.39 is 5.97 Å². The second-order valence-electron chi connectivity index (χ2n) is 5.41. The van der Waals surface area contributed by atoms with Gasteiger partial charge in [-0.05, 0) is 40.5 Å². The van der Waals surface area contributed by atoms with Crippen LogP contribution < -0.4 is 5.01 Å². The number of carbonyl (C=O) groups is 1. The Morgan fingerprint density at radius 2 is 2.22 bits per heavy atom. The van der Waals surface area contributed by atoms with Gasteiger partial charge in [-0.25, -0.2) is 4.79 Å². The Morgan fingerprint density at radius 3 is 2.78 bits per heavy atom. The number of hydrogen-bond acceptors (Lipinski definition) is 4. The lowest BCUT2D eigenvalue weighted by atomic mass is 9.93. The van der Waals surface area contributed by atoms with Gasteiger partial charge >= 0.3 is 5.97 Å². The minimum absolute atomic E-state index is 0.0870. The lowest BCUT2D eigenvalue weighted by Crippen LogP contribution is -2.40. The maximum atomic E-state index is 11.5. The van der Waals surface area contributed by atoms with E-state index in [0.29, 0.717) is 15.7 Å². The molecule has 0 amide bonds. The number of anilines is 1. The molecule has 0 radical (unpaired) electrons. The monoisotopic (exact) mass is 434 g/mol. The summed E-state index contributed by atoms with van der Waals surface area (Å²) in [7, 11) is 0. The first kappa shape index (κ1) is 17.1. The van der Waals surface area contributed by atoms with Crippen LogP contribution >= 0.6 is 50.9 Å². The number of halogens is 3. The van der Waals surface area contributed by atoms with Crippen molar-refractivity contribution in [2.45, 2.75) is 24.6 Å². The van der Waals surface area contributed by atoms with Gasteiger partial charge in [0.15, 0.2) is 5.71 Å². The fourth-order valence-electron chi connectivity index (χ4n) is 2.90. The van der Waals surface area contributed by atoms with Crippen molar-refractivity contribution in [2.24, 2.45) is 11.0 Å². The van der Waals surface area contributed by atoms with Crippen LogP contribution in [0.4, 0.5) is 5.69 Å². The minimum atomic E-state index is -0.995. The average Bonchev–Trinajstić information content (AvgIpc) is 3.02. The second kappa shape index (κ2) is 6.67. The molecule has 2 heterocycles. The van der Waals surface area contributed by atoms with E-state index >= 15 is 0 Å². The number of thioether (sulfide) groups is 1. The first-order valence-electron chi connectivity index (χ1n) is 6.97. The van der Waals surface area contributed by atoms with Crippen LogP contribution in [-0.2, 0) is 4.79 Å². The van der Waals surface area contributed by atoms with E-state index in [4.69, 9.17) is 23.2 Å². The summed E-state index contributed by atoms with van der Waals surface area (Å²) in [6, 6.07) is 5.07. The van der Waals surface area contributed by atoms with E-state index in [1.807, 2.05) is 6.92 Å². The largest absolute Gasteiger partial charge is 0.477 e. The van der Waals surface area contributed by atoms with Crippen molar-refractivity contribution in [3.8, 4) is 0 Å². The fourth-order valence-corrected chi connectivity index (χ4v) is 5.47. The highest BCUT2D eigenvalue weighted by Gasteiger charge is 2.44. The number of benzene rings is 1. The van der Waals surface area contributed by atoms with Crippen LogP contribution in [0.3, 0.4) is 0 Å². The highest BCUT2D eigenvalue weighted by Crippen LogP contribution is 2.45. The fraction of sp³-hybridized carbons (Fsp3) is 0.333. The number of aliphatic carboxylic acids is 1. The van der Waals surface area contributed by atoms with Gasteiger partial charge in [0.05, 0.1) is 16.8 Å². The van der Waals surface area contributed by atoms with Crippen molar-refractivity contribution >= 4 is 68.3 Å². The van der Waals surface area contributed by atoms with E-state index in [-0.39, 0.29) is 22.9 Å². The number of carboxylic acid groups (broad SMARTS) is 1. The van der Waals surface area contributed by atoms with E-state index in [1.54, 1.807) is 35.0 Å². The van der Waals surface area contributed by atoms with Gasteiger partial charge in [-0.3, -0.25) is 5.01 Å². The third kappa shape index (κ3) is 3.27. The number of hydrogen-bond donors (Lipinski definition) is 1. The number of allylic oxidation sites excluding steroid dienone is 1. The van der Waals surface area contributed by atoms with Crippen molar-refractivity contribution in [1.82, 2.24) is 0 Å². The molecule has 122 valence electrons. The van der Waals surface area contributed by atoms with Gasteiger partial charge in [0.1, 0.15) is 0 Å². The Balaban J connectivity index is 2.01. The van der Waals surface area contributed by atoms with Crippen LogP contribution in [0.5, 0.6) is 0 Å². The Kier molecular flexibility index (Phi) is 4.97. The van der Waals surface area contributed by atoms with Crippen molar-refractivity contribution in [2.75, 3.05) is 5.01 Å². The molecule has 4 nitrogen and oxygen atoms in total. The molecule has 0 aromatic heterocycles. The highest BCUT2D eigenvalue weighted by molar-refractivity contribution is 9.14. The third-order valence-corrected chi connectivity index (χ3v) is 6.56. The molecule has 8 heteroatoms. The van der Waals surface area contributed by atoms with Gasteiger partial charge in [-0.1, -0.05) is 36.2 Å². The third-order valence-electron chi connectivity index (χ3n) is 3.97. The van der Waals surface area contributed by atoms with Crippen LogP contribution in [0.15, 0.2) is 33.2 Å². The highest BCUT2D eigenvalue weighted by atomic mass is 79.9. The zero-order chi connectivity index (χ0) is 16.7. The molecular weight excluding hydrogens is 423 g/mol. The van der Waals surface area contributed by atoms with Crippen LogP contribution in [0, 0.1) is 5.92 Å². The Morgan fingerprint density at radius 1 is 1.48 bits per heavy atom. The molecule has 0 spiro atoms. The first-order valence-corrected chi connectivity index (χ1v) is 9.39. The molecular formula is C15H13BrCl2N2O2S. The summed E-state index contributed by atoms with van der Waals surface area (Å²) in [5.41, 5.74) is 0.831. The number of rotatable bonds is 3. The van der Waals surface area contributed by atoms with E-state index in [1.165, 1.54) is 0 Å².